The third-order valence-electron chi connectivity index (χ3n) is 2.62. The molecule has 4 heteroatoms. The molecule has 1 N–H and O–H groups in total. The summed E-state index contributed by atoms with van der Waals surface area (Å²) in [5.74, 6) is -1.35. The molecule has 2 rings (SSSR count). The van der Waals surface area contributed by atoms with Crippen LogP contribution >= 0.6 is 0 Å². The van der Waals surface area contributed by atoms with Gasteiger partial charge in [0, 0.05) is 12.6 Å². The Morgan fingerprint density at radius 2 is 1.78 bits per heavy atom. The number of halogens is 3. The molecule has 0 aromatic heterocycles. The molecule has 94 valence electrons. The highest BCUT2D eigenvalue weighted by Gasteiger charge is 2.07. The molecular weight excluding hydrogens is 239 g/mol. The Kier molecular flexibility index (Phi) is 3.55. The smallest absolute Gasteiger partial charge is 0.146 e. The Labute approximate surface area is 103 Å². The van der Waals surface area contributed by atoms with Gasteiger partial charge in [-0.2, -0.15) is 0 Å². The maximum absolute atomic E-state index is 13.5. The lowest BCUT2D eigenvalue weighted by atomic mass is 10.2. The topological polar surface area (TPSA) is 12.0 Å². The van der Waals surface area contributed by atoms with Gasteiger partial charge in [0.1, 0.15) is 17.5 Å². The minimum absolute atomic E-state index is 0.0716. The Bertz CT molecular complexity index is 567. The van der Waals surface area contributed by atoms with E-state index in [4.69, 9.17) is 0 Å². The van der Waals surface area contributed by atoms with E-state index in [2.05, 4.69) is 5.32 Å². The van der Waals surface area contributed by atoms with Crippen molar-refractivity contribution in [1.29, 1.82) is 0 Å². The molecule has 2 aromatic rings. The quantitative estimate of drug-likeness (QED) is 0.868. The summed E-state index contributed by atoms with van der Waals surface area (Å²) in [5.41, 5.74) is 0.988. The molecule has 0 radical (unpaired) electrons. The average Bonchev–Trinajstić information content (AvgIpc) is 2.32. The summed E-state index contributed by atoms with van der Waals surface area (Å²) in [5, 5.41) is 2.74. The Hall–Kier alpha value is -1.97. The second-order valence-corrected chi connectivity index (χ2v) is 4.06. The molecule has 0 fully saturated rings. The van der Waals surface area contributed by atoms with Crippen LogP contribution in [0.1, 0.15) is 11.1 Å². The third kappa shape index (κ3) is 2.83. The lowest BCUT2D eigenvalue weighted by Gasteiger charge is -2.09. The number of anilines is 1. The monoisotopic (exact) mass is 251 g/mol. The molecule has 0 saturated heterocycles. The van der Waals surface area contributed by atoms with Crippen molar-refractivity contribution in [1.82, 2.24) is 0 Å². The summed E-state index contributed by atoms with van der Waals surface area (Å²) in [6, 6.07) is 8.18. The van der Waals surface area contributed by atoms with Crippen LogP contribution in [-0.2, 0) is 6.54 Å². The van der Waals surface area contributed by atoms with Crippen LogP contribution in [0.3, 0.4) is 0 Å². The number of benzene rings is 2. The number of rotatable bonds is 3. The Morgan fingerprint density at radius 1 is 1.00 bits per heavy atom. The largest absolute Gasteiger partial charge is 0.379 e. The van der Waals surface area contributed by atoms with Gasteiger partial charge in [-0.1, -0.05) is 12.1 Å². The zero-order valence-corrected chi connectivity index (χ0v) is 9.81. The van der Waals surface area contributed by atoms with Crippen molar-refractivity contribution < 1.29 is 13.2 Å². The molecule has 0 atom stereocenters. The summed E-state index contributed by atoms with van der Waals surface area (Å²) in [6.45, 7) is 1.73. The van der Waals surface area contributed by atoms with Gasteiger partial charge in [0.2, 0.25) is 0 Å². The summed E-state index contributed by atoms with van der Waals surface area (Å²) in [4.78, 5) is 0. The van der Waals surface area contributed by atoms with E-state index in [0.717, 1.165) is 12.1 Å². The summed E-state index contributed by atoms with van der Waals surface area (Å²) < 4.78 is 39.7. The van der Waals surface area contributed by atoms with Crippen molar-refractivity contribution in [3.05, 3.63) is 65.0 Å². The predicted octanol–water partition coefficient (Wildman–Crippen LogP) is 4.02. The van der Waals surface area contributed by atoms with Crippen LogP contribution in [0.2, 0.25) is 0 Å². The number of hydrogen-bond acceptors (Lipinski definition) is 1. The highest BCUT2D eigenvalue weighted by Crippen LogP contribution is 2.19. The minimum Gasteiger partial charge on any atom is -0.379 e. The minimum atomic E-state index is -0.523. The first-order valence-corrected chi connectivity index (χ1v) is 5.50. The Morgan fingerprint density at radius 3 is 2.50 bits per heavy atom. The van der Waals surface area contributed by atoms with Gasteiger partial charge in [-0.15, -0.1) is 0 Å². The fourth-order valence-corrected chi connectivity index (χ4v) is 1.63. The van der Waals surface area contributed by atoms with Crippen molar-refractivity contribution in [2.75, 3.05) is 5.32 Å². The van der Waals surface area contributed by atoms with Crippen molar-refractivity contribution >= 4 is 5.69 Å². The molecule has 2 aromatic carbocycles. The Balaban J connectivity index is 2.13. The average molecular weight is 251 g/mol. The number of nitrogens with one attached hydrogen (secondary N) is 1. The van der Waals surface area contributed by atoms with E-state index < -0.39 is 11.6 Å². The number of hydrogen-bond donors (Lipinski definition) is 1. The van der Waals surface area contributed by atoms with Crippen LogP contribution < -0.4 is 5.32 Å². The molecule has 0 unspecified atom stereocenters. The highest BCUT2D eigenvalue weighted by molar-refractivity contribution is 5.47. The summed E-state index contributed by atoms with van der Waals surface area (Å²) >= 11 is 0. The standard InChI is InChI=1S/C14H12F3N/c1-9-5-13(17)14(7-12(9)16)18-8-10-3-2-4-11(15)6-10/h2-7,18H,8H2,1H3. The van der Waals surface area contributed by atoms with Gasteiger partial charge in [0.05, 0.1) is 5.69 Å². The molecule has 0 amide bonds. The van der Waals surface area contributed by atoms with Gasteiger partial charge in [-0.05, 0) is 36.2 Å². The predicted molar refractivity (Wildman–Crippen MR) is 64.8 cm³/mol. The summed E-state index contributed by atoms with van der Waals surface area (Å²) in [7, 11) is 0. The van der Waals surface area contributed by atoms with E-state index in [1.165, 1.54) is 19.1 Å². The molecule has 18 heavy (non-hydrogen) atoms. The van der Waals surface area contributed by atoms with Crippen LogP contribution in [-0.4, -0.2) is 0 Å². The van der Waals surface area contributed by atoms with Crippen molar-refractivity contribution in [3.8, 4) is 0 Å². The van der Waals surface area contributed by atoms with Crippen LogP contribution in [0.25, 0.3) is 0 Å². The fourth-order valence-electron chi connectivity index (χ4n) is 1.63. The first-order valence-electron chi connectivity index (χ1n) is 5.50. The molecular formula is C14H12F3N. The lowest BCUT2D eigenvalue weighted by Crippen LogP contribution is -2.03. The van der Waals surface area contributed by atoms with Gasteiger partial charge in [-0.3, -0.25) is 0 Å². The first-order chi connectivity index (χ1) is 8.56. The van der Waals surface area contributed by atoms with Crippen LogP contribution in [0, 0.1) is 24.4 Å². The van der Waals surface area contributed by atoms with Gasteiger partial charge >= 0.3 is 0 Å². The van der Waals surface area contributed by atoms with E-state index in [9.17, 15) is 13.2 Å². The third-order valence-corrected chi connectivity index (χ3v) is 2.62. The number of aryl methyl sites for hydroxylation is 1. The highest BCUT2D eigenvalue weighted by atomic mass is 19.1. The van der Waals surface area contributed by atoms with Gasteiger partial charge < -0.3 is 5.32 Å². The second-order valence-electron chi connectivity index (χ2n) is 4.06. The molecule has 0 aliphatic rings. The van der Waals surface area contributed by atoms with Crippen molar-refractivity contribution in [2.24, 2.45) is 0 Å². The lowest BCUT2D eigenvalue weighted by molar-refractivity contribution is 0.594. The second kappa shape index (κ2) is 5.12. The van der Waals surface area contributed by atoms with E-state index in [-0.39, 0.29) is 23.6 Å². The SMILES string of the molecule is Cc1cc(F)c(NCc2cccc(F)c2)cc1F. The molecule has 1 nitrogen and oxygen atoms in total. The van der Waals surface area contributed by atoms with E-state index in [1.54, 1.807) is 12.1 Å². The maximum atomic E-state index is 13.5. The van der Waals surface area contributed by atoms with Crippen molar-refractivity contribution in [2.45, 2.75) is 13.5 Å². The van der Waals surface area contributed by atoms with Crippen molar-refractivity contribution in [3.63, 3.8) is 0 Å². The maximum Gasteiger partial charge on any atom is 0.146 e. The zero-order chi connectivity index (χ0) is 13.1. The van der Waals surface area contributed by atoms with Crippen LogP contribution in [0.4, 0.5) is 18.9 Å². The van der Waals surface area contributed by atoms with E-state index in [0.29, 0.717) is 5.56 Å². The summed E-state index contributed by atoms with van der Waals surface area (Å²) in [6.07, 6.45) is 0. The molecule has 0 aliphatic heterocycles. The van der Waals surface area contributed by atoms with E-state index in [1.807, 2.05) is 0 Å². The normalized spacial score (nSPS) is 10.4. The molecule has 0 saturated carbocycles. The van der Waals surface area contributed by atoms with E-state index >= 15 is 0 Å². The fraction of sp³-hybridized carbons (Fsp3) is 0.143. The van der Waals surface area contributed by atoms with Crippen LogP contribution in [0.5, 0.6) is 0 Å². The molecule has 0 heterocycles. The zero-order valence-electron chi connectivity index (χ0n) is 9.81. The van der Waals surface area contributed by atoms with Gasteiger partial charge in [-0.25, -0.2) is 13.2 Å². The van der Waals surface area contributed by atoms with Crippen LogP contribution in [0.15, 0.2) is 36.4 Å². The van der Waals surface area contributed by atoms with Gasteiger partial charge in [0.15, 0.2) is 0 Å². The molecule has 0 aliphatic carbocycles. The molecule has 0 bridgehead atoms. The van der Waals surface area contributed by atoms with Gasteiger partial charge in [0.25, 0.3) is 0 Å². The molecule has 0 spiro atoms. The first kappa shape index (κ1) is 12.5.